The Balaban J connectivity index is 1.64. The standard InChI is InChI=1S/C19H22N2O3S2/c1-24-19(23)16-13-21(9-11-26-16)17(22)12-20-18(15-8-5-10-25-15)14-6-3-2-4-7-14/h2-8,10,16,18,20H,9,11-13H2,1H3/t16-,18+/m0/s1. The van der Waals surface area contributed by atoms with Crippen LogP contribution in [0.25, 0.3) is 0 Å². The van der Waals surface area contributed by atoms with Gasteiger partial charge < -0.3 is 9.64 Å². The number of amides is 1. The summed E-state index contributed by atoms with van der Waals surface area (Å²) in [7, 11) is 1.39. The highest BCUT2D eigenvalue weighted by Crippen LogP contribution is 2.26. The van der Waals surface area contributed by atoms with Gasteiger partial charge in [-0.25, -0.2) is 0 Å². The van der Waals surface area contributed by atoms with E-state index < -0.39 is 0 Å². The van der Waals surface area contributed by atoms with E-state index >= 15 is 0 Å². The van der Waals surface area contributed by atoms with E-state index in [0.717, 1.165) is 11.3 Å². The van der Waals surface area contributed by atoms with E-state index in [1.54, 1.807) is 28.0 Å². The molecule has 0 spiro atoms. The number of carbonyl (C=O) groups is 2. The molecule has 2 atom stereocenters. The minimum absolute atomic E-state index is 0.0108. The van der Waals surface area contributed by atoms with Crippen LogP contribution in [0.15, 0.2) is 47.8 Å². The molecular formula is C19H22N2O3S2. The van der Waals surface area contributed by atoms with Gasteiger partial charge in [0.2, 0.25) is 5.91 Å². The largest absolute Gasteiger partial charge is 0.468 e. The number of ether oxygens (including phenoxy) is 1. The first-order chi connectivity index (χ1) is 12.7. The maximum absolute atomic E-state index is 12.7. The monoisotopic (exact) mass is 390 g/mol. The van der Waals surface area contributed by atoms with Gasteiger partial charge in [0.05, 0.1) is 19.7 Å². The molecule has 138 valence electrons. The summed E-state index contributed by atoms with van der Waals surface area (Å²) >= 11 is 3.22. The molecule has 1 fully saturated rings. The maximum Gasteiger partial charge on any atom is 0.320 e. The van der Waals surface area contributed by atoms with E-state index in [0.29, 0.717) is 13.1 Å². The third-order valence-electron chi connectivity index (χ3n) is 4.30. The minimum Gasteiger partial charge on any atom is -0.468 e. The predicted octanol–water partition coefficient (Wildman–Crippen LogP) is 2.54. The first-order valence-corrected chi connectivity index (χ1v) is 10.4. The summed E-state index contributed by atoms with van der Waals surface area (Å²) in [5, 5.41) is 5.14. The highest BCUT2D eigenvalue weighted by molar-refractivity contribution is 8.00. The molecule has 2 aromatic rings. The molecule has 1 aromatic carbocycles. The Morgan fingerprint density at radius 1 is 1.27 bits per heavy atom. The van der Waals surface area contributed by atoms with Crippen LogP contribution in [-0.2, 0) is 14.3 Å². The van der Waals surface area contributed by atoms with Gasteiger partial charge in [0.1, 0.15) is 5.25 Å². The Kier molecular flexibility index (Phi) is 6.71. The normalized spacial score (nSPS) is 18.3. The lowest BCUT2D eigenvalue weighted by Crippen LogP contribution is -2.48. The summed E-state index contributed by atoms with van der Waals surface area (Å²) < 4.78 is 4.81. The van der Waals surface area contributed by atoms with Crippen molar-refractivity contribution in [3.8, 4) is 0 Å². The van der Waals surface area contributed by atoms with Gasteiger partial charge in [0.25, 0.3) is 0 Å². The van der Waals surface area contributed by atoms with Crippen LogP contribution in [0.5, 0.6) is 0 Å². The Bertz CT molecular complexity index is 722. The van der Waals surface area contributed by atoms with Crippen molar-refractivity contribution in [2.24, 2.45) is 0 Å². The smallest absolute Gasteiger partial charge is 0.320 e. The third-order valence-corrected chi connectivity index (χ3v) is 6.40. The van der Waals surface area contributed by atoms with Crippen molar-refractivity contribution in [1.29, 1.82) is 0 Å². The van der Waals surface area contributed by atoms with Crippen LogP contribution < -0.4 is 5.32 Å². The second-order valence-electron chi connectivity index (χ2n) is 5.96. The number of hydrogen-bond donors (Lipinski definition) is 1. The Morgan fingerprint density at radius 2 is 2.08 bits per heavy atom. The van der Waals surface area contributed by atoms with Crippen molar-refractivity contribution in [3.63, 3.8) is 0 Å². The molecule has 0 unspecified atom stereocenters. The van der Waals surface area contributed by atoms with Crippen LogP contribution in [-0.4, -0.2) is 54.5 Å². The molecule has 1 aromatic heterocycles. The van der Waals surface area contributed by atoms with Crippen molar-refractivity contribution in [2.75, 3.05) is 32.5 Å². The zero-order chi connectivity index (χ0) is 18.4. The second kappa shape index (κ2) is 9.21. The molecule has 5 nitrogen and oxygen atoms in total. The van der Waals surface area contributed by atoms with Crippen LogP contribution in [0.1, 0.15) is 16.5 Å². The van der Waals surface area contributed by atoms with Gasteiger partial charge in [-0.3, -0.25) is 14.9 Å². The molecular weight excluding hydrogens is 368 g/mol. The van der Waals surface area contributed by atoms with Crippen molar-refractivity contribution in [2.45, 2.75) is 11.3 Å². The zero-order valence-corrected chi connectivity index (χ0v) is 16.2. The van der Waals surface area contributed by atoms with Crippen LogP contribution in [0.3, 0.4) is 0 Å². The van der Waals surface area contributed by atoms with Gasteiger partial charge in [-0.15, -0.1) is 23.1 Å². The highest BCUT2D eigenvalue weighted by Gasteiger charge is 2.29. The fourth-order valence-electron chi connectivity index (χ4n) is 2.93. The van der Waals surface area contributed by atoms with Crippen molar-refractivity contribution in [3.05, 3.63) is 58.3 Å². The molecule has 1 aliphatic rings. The van der Waals surface area contributed by atoms with Gasteiger partial charge in [0.15, 0.2) is 0 Å². The van der Waals surface area contributed by atoms with Crippen molar-refractivity contribution >= 4 is 35.0 Å². The fraction of sp³-hybridized carbons (Fsp3) is 0.368. The van der Waals surface area contributed by atoms with Crippen LogP contribution in [0.4, 0.5) is 0 Å². The first kappa shape index (κ1) is 18.9. The molecule has 1 aliphatic heterocycles. The molecule has 0 radical (unpaired) electrons. The van der Waals surface area contributed by atoms with Crippen LogP contribution in [0, 0.1) is 0 Å². The summed E-state index contributed by atoms with van der Waals surface area (Å²) in [4.78, 5) is 27.3. The number of esters is 1. The lowest BCUT2D eigenvalue weighted by atomic mass is 10.1. The lowest BCUT2D eigenvalue weighted by molar-refractivity contribution is -0.141. The number of thioether (sulfide) groups is 1. The fourth-order valence-corrected chi connectivity index (χ4v) is 4.89. The number of benzene rings is 1. The second-order valence-corrected chi connectivity index (χ2v) is 8.25. The average molecular weight is 391 g/mol. The molecule has 0 aliphatic carbocycles. The molecule has 1 amide bonds. The lowest BCUT2D eigenvalue weighted by Gasteiger charge is -2.31. The number of methoxy groups -OCH3 is 1. The van der Waals surface area contributed by atoms with E-state index in [1.165, 1.54) is 12.0 Å². The van der Waals surface area contributed by atoms with Gasteiger partial charge in [-0.1, -0.05) is 36.4 Å². The quantitative estimate of drug-likeness (QED) is 0.768. The number of carbonyl (C=O) groups excluding carboxylic acids is 2. The molecule has 26 heavy (non-hydrogen) atoms. The van der Waals surface area contributed by atoms with Gasteiger partial charge >= 0.3 is 5.97 Å². The summed E-state index contributed by atoms with van der Waals surface area (Å²) in [6.07, 6.45) is 0. The van der Waals surface area contributed by atoms with E-state index in [9.17, 15) is 9.59 Å². The number of nitrogens with one attached hydrogen (secondary N) is 1. The van der Waals surface area contributed by atoms with Gasteiger partial charge in [-0.05, 0) is 17.0 Å². The molecule has 7 heteroatoms. The topological polar surface area (TPSA) is 58.6 Å². The SMILES string of the molecule is COC(=O)[C@@H]1CN(C(=O)CN[C@H](c2ccccc2)c2cccs2)CCS1. The molecule has 1 N–H and O–H groups in total. The molecule has 0 saturated carbocycles. The summed E-state index contributed by atoms with van der Waals surface area (Å²) in [5.41, 5.74) is 1.13. The van der Waals surface area contributed by atoms with E-state index in [4.69, 9.17) is 4.74 Å². The predicted molar refractivity (Wildman–Crippen MR) is 105 cm³/mol. The van der Waals surface area contributed by atoms with Gasteiger partial charge in [0, 0.05) is 23.7 Å². The molecule has 1 saturated heterocycles. The van der Waals surface area contributed by atoms with Gasteiger partial charge in [-0.2, -0.15) is 0 Å². The van der Waals surface area contributed by atoms with Crippen LogP contribution >= 0.6 is 23.1 Å². The summed E-state index contributed by atoms with van der Waals surface area (Å²) in [5.74, 6) is 0.497. The maximum atomic E-state index is 12.7. The van der Waals surface area contributed by atoms with E-state index in [-0.39, 0.29) is 29.7 Å². The van der Waals surface area contributed by atoms with E-state index in [1.807, 2.05) is 29.6 Å². The molecule has 0 bridgehead atoms. The van der Waals surface area contributed by atoms with Crippen molar-refractivity contribution in [1.82, 2.24) is 10.2 Å². The van der Waals surface area contributed by atoms with Crippen LogP contribution in [0.2, 0.25) is 0 Å². The molecule has 2 heterocycles. The third kappa shape index (κ3) is 4.66. The summed E-state index contributed by atoms with van der Waals surface area (Å²) in [6, 6.07) is 14.2. The number of rotatable bonds is 6. The highest BCUT2D eigenvalue weighted by atomic mass is 32.2. The Hall–Kier alpha value is -1.83. The zero-order valence-electron chi connectivity index (χ0n) is 14.6. The Labute approximate surface area is 161 Å². The number of hydrogen-bond acceptors (Lipinski definition) is 6. The Morgan fingerprint density at radius 3 is 2.77 bits per heavy atom. The number of nitrogens with zero attached hydrogens (tertiary/aromatic N) is 1. The number of thiophene rings is 1. The average Bonchev–Trinajstić information content (AvgIpc) is 3.23. The molecule has 3 rings (SSSR count). The van der Waals surface area contributed by atoms with Crippen molar-refractivity contribution < 1.29 is 14.3 Å². The van der Waals surface area contributed by atoms with E-state index in [2.05, 4.69) is 23.5 Å². The summed E-state index contributed by atoms with van der Waals surface area (Å²) in [6.45, 7) is 1.30. The minimum atomic E-state index is -0.292. The first-order valence-electron chi connectivity index (χ1n) is 8.48.